The van der Waals surface area contributed by atoms with Gasteiger partial charge in [0.2, 0.25) is 0 Å². The van der Waals surface area contributed by atoms with Crippen molar-refractivity contribution < 1.29 is 13.9 Å². The van der Waals surface area contributed by atoms with E-state index in [1.807, 2.05) is 11.8 Å². The highest BCUT2D eigenvalue weighted by Gasteiger charge is 2.18. The molecule has 2 atom stereocenters. The molecule has 0 radical (unpaired) electrons. The molecule has 1 N–H and O–H groups in total. The molecule has 0 amide bonds. The van der Waals surface area contributed by atoms with Crippen LogP contribution in [0, 0.1) is 11.6 Å². The molecule has 106 valence electrons. The van der Waals surface area contributed by atoms with Crippen molar-refractivity contribution in [3.63, 3.8) is 0 Å². The molecule has 0 bridgehead atoms. The third-order valence-corrected chi connectivity index (χ3v) is 4.45. The van der Waals surface area contributed by atoms with Crippen molar-refractivity contribution in [1.82, 2.24) is 4.90 Å². The van der Waals surface area contributed by atoms with Crippen LogP contribution in [0.1, 0.15) is 25.0 Å². The summed E-state index contributed by atoms with van der Waals surface area (Å²) in [7, 11) is 0. The molecule has 2 rings (SSSR count). The number of nitrogens with zero attached hydrogens (tertiary/aromatic N) is 1. The Morgan fingerprint density at radius 3 is 2.68 bits per heavy atom. The Morgan fingerprint density at radius 1 is 1.37 bits per heavy atom. The number of hydrogen-bond donors (Lipinski definition) is 1. The minimum atomic E-state index is -0.810. The summed E-state index contributed by atoms with van der Waals surface area (Å²) >= 11 is 1.95. The first-order chi connectivity index (χ1) is 9.04. The Bertz CT molecular complexity index is 410. The molecule has 1 aliphatic heterocycles. The summed E-state index contributed by atoms with van der Waals surface area (Å²) in [4.78, 5) is 2.29. The van der Waals surface area contributed by atoms with Crippen molar-refractivity contribution in [2.24, 2.45) is 0 Å². The van der Waals surface area contributed by atoms with Crippen LogP contribution in [0.4, 0.5) is 8.78 Å². The maximum Gasteiger partial charge on any atom is 0.126 e. The normalized spacial score (nSPS) is 22.4. The molecular formula is C14H19F2NOS. The SMILES string of the molecule is CC1CN(CCC(O)c2cc(F)cc(F)c2)CCS1. The molecule has 1 saturated heterocycles. The topological polar surface area (TPSA) is 23.5 Å². The molecule has 5 heteroatoms. The van der Waals surface area contributed by atoms with Crippen molar-refractivity contribution in [2.75, 3.05) is 25.4 Å². The first kappa shape index (κ1) is 14.8. The molecular weight excluding hydrogens is 268 g/mol. The van der Waals surface area contributed by atoms with E-state index >= 15 is 0 Å². The van der Waals surface area contributed by atoms with Crippen LogP contribution >= 0.6 is 11.8 Å². The summed E-state index contributed by atoms with van der Waals surface area (Å²) in [5, 5.41) is 10.6. The first-order valence-corrected chi connectivity index (χ1v) is 7.57. The minimum Gasteiger partial charge on any atom is -0.388 e. The van der Waals surface area contributed by atoms with E-state index in [0.717, 1.165) is 31.5 Å². The highest BCUT2D eigenvalue weighted by molar-refractivity contribution is 7.99. The van der Waals surface area contributed by atoms with Gasteiger partial charge in [0.05, 0.1) is 6.10 Å². The molecule has 2 nitrogen and oxygen atoms in total. The Balaban J connectivity index is 1.88. The zero-order valence-electron chi connectivity index (χ0n) is 11.0. The lowest BCUT2D eigenvalue weighted by atomic mass is 10.1. The van der Waals surface area contributed by atoms with E-state index in [-0.39, 0.29) is 0 Å². The van der Waals surface area contributed by atoms with E-state index in [9.17, 15) is 13.9 Å². The maximum absolute atomic E-state index is 13.1. The highest BCUT2D eigenvalue weighted by atomic mass is 32.2. The minimum absolute atomic E-state index is 0.317. The summed E-state index contributed by atoms with van der Waals surface area (Å²) in [5.74, 6) is -0.180. The fourth-order valence-corrected chi connectivity index (χ4v) is 3.41. The van der Waals surface area contributed by atoms with Gasteiger partial charge in [-0.1, -0.05) is 6.92 Å². The number of rotatable bonds is 4. The van der Waals surface area contributed by atoms with E-state index in [2.05, 4.69) is 11.8 Å². The summed E-state index contributed by atoms with van der Waals surface area (Å²) < 4.78 is 26.1. The Hall–Kier alpha value is -0.650. The number of hydrogen-bond acceptors (Lipinski definition) is 3. The van der Waals surface area contributed by atoms with E-state index in [0.29, 0.717) is 17.2 Å². The molecule has 0 aromatic heterocycles. The van der Waals surface area contributed by atoms with E-state index in [1.54, 1.807) is 0 Å². The molecule has 2 unspecified atom stereocenters. The largest absolute Gasteiger partial charge is 0.388 e. The number of thioether (sulfide) groups is 1. The van der Waals surface area contributed by atoms with Gasteiger partial charge in [-0.2, -0.15) is 11.8 Å². The Morgan fingerprint density at radius 2 is 2.05 bits per heavy atom. The Kier molecular flexibility index (Phi) is 5.19. The van der Waals surface area contributed by atoms with E-state index in [1.165, 1.54) is 12.1 Å². The van der Waals surface area contributed by atoms with Gasteiger partial charge in [-0.3, -0.25) is 0 Å². The average molecular weight is 287 g/mol. The van der Waals surface area contributed by atoms with Gasteiger partial charge in [-0.25, -0.2) is 8.78 Å². The van der Waals surface area contributed by atoms with Crippen LogP contribution in [-0.2, 0) is 0 Å². The number of aliphatic hydroxyl groups is 1. The van der Waals surface area contributed by atoms with Gasteiger partial charge in [0.15, 0.2) is 0 Å². The smallest absolute Gasteiger partial charge is 0.126 e. The molecule has 1 aromatic carbocycles. The maximum atomic E-state index is 13.1. The monoisotopic (exact) mass is 287 g/mol. The van der Waals surface area contributed by atoms with Crippen LogP contribution in [0.2, 0.25) is 0 Å². The molecule has 0 aliphatic carbocycles. The van der Waals surface area contributed by atoms with Crippen molar-refractivity contribution in [3.8, 4) is 0 Å². The Labute approximate surface area is 116 Å². The number of halogens is 2. The van der Waals surface area contributed by atoms with E-state index in [4.69, 9.17) is 0 Å². The van der Waals surface area contributed by atoms with Gasteiger partial charge in [0.1, 0.15) is 11.6 Å². The molecule has 1 fully saturated rings. The van der Waals surface area contributed by atoms with Crippen LogP contribution in [0.3, 0.4) is 0 Å². The number of benzene rings is 1. The van der Waals surface area contributed by atoms with Gasteiger partial charge in [0, 0.05) is 36.7 Å². The quantitative estimate of drug-likeness (QED) is 0.921. The van der Waals surface area contributed by atoms with Crippen LogP contribution in [0.5, 0.6) is 0 Å². The van der Waals surface area contributed by atoms with Gasteiger partial charge in [-0.15, -0.1) is 0 Å². The average Bonchev–Trinajstić information content (AvgIpc) is 2.35. The lowest BCUT2D eigenvalue weighted by Gasteiger charge is -2.31. The molecule has 19 heavy (non-hydrogen) atoms. The second-order valence-corrected chi connectivity index (χ2v) is 6.54. The zero-order chi connectivity index (χ0) is 13.8. The molecule has 0 spiro atoms. The van der Waals surface area contributed by atoms with Crippen molar-refractivity contribution in [3.05, 3.63) is 35.4 Å². The summed E-state index contributed by atoms with van der Waals surface area (Å²) in [6.07, 6.45) is -0.310. The summed E-state index contributed by atoms with van der Waals surface area (Å²) in [6, 6.07) is 3.21. The third-order valence-electron chi connectivity index (χ3n) is 3.31. The fraction of sp³-hybridized carbons (Fsp3) is 0.571. The standard InChI is InChI=1S/C14H19F2NOS/c1-10-9-17(4-5-19-10)3-2-14(18)11-6-12(15)8-13(16)7-11/h6-8,10,14,18H,2-5,9H2,1H3. The van der Waals surface area contributed by atoms with Crippen molar-refractivity contribution in [2.45, 2.75) is 24.7 Å². The van der Waals surface area contributed by atoms with Gasteiger partial charge in [0.25, 0.3) is 0 Å². The van der Waals surface area contributed by atoms with Crippen molar-refractivity contribution in [1.29, 1.82) is 0 Å². The van der Waals surface area contributed by atoms with Crippen LogP contribution in [0.15, 0.2) is 18.2 Å². The number of aliphatic hydroxyl groups excluding tert-OH is 1. The summed E-state index contributed by atoms with van der Waals surface area (Å²) in [5.41, 5.74) is 0.317. The second kappa shape index (κ2) is 6.68. The molecule has 1 aromatic rings. The van der Waals surface area contributed by atoms with Gasteiger partial charge >= 0.3 is 0 Å². The summed E-state index contributed by atoms with van der Waals surface area (Å²) in [6.45, 7) is 4.97. The fourth-order valence-electron chi connectivity index (χ4n) is 2.33. The lowest BCUT2D eigenvalue weighted by molar-refractivity contribution is 0.142. The van der Waals surface area contributed by atoms with Crippen LogP contribution < -0.4 is 0 Å². The molecule has 0 saturated carbocycles. The lowest BCUT2D eigenvalue weighted by Crippen LogP contribution is -2.37. The van der Waals surface area contributed by atoms with Crippen molar-refractivity contribution >= 4 is 11.8 Å². The predicted octanol–water partition coefficient (Wildman–Crippen LogP) is 2.83. The second-order valence-electron chi connectivity index (χ2n) is 4.99. The zero-order valence-corrected chi connectivity index (χ0v) is 11.8. The first-order valence-electron chi connectivity index (χ1n) is 6.52. The van der Waals surface area contributed by atoms with Crippen LogP contribution in [0.25, 0.3) is 0 Å². The third kappa shape index (κ3) is 4.44. The predicted molar refractivity (Wildman–Crippen MR) is 74.3 cm³/mol. The van der Waals surface area contributed by atoms with Gasteiger partial charge in [-0.05, 0) is 24.1 Å². The molecule has 1 heterocycles. The van der Waals surface area contributed by atoms with Crippen LogP contribution in [-0.4, -0.2) is 40.6 Å². The van der Waals surface area contributed by atoms with Gasteiger partial charge < -0.3 is 10.0 Å². The van der Waals surface area contributed by atoms with E-state index < -0.39 is 17.7 Å². The molecule has 1 aliphatic rings. The highest BCUT2D eigenvalue weighted by Crippen LogP contribution is 2.22.